The van der Waals surface area contributed by atoms with Crippen molar-refractivity contribution in [3.63, 3.8) is 0 Å². The van der Waals surface area contributed by atoms with Crippen LogP contribution in [0.5, 0.6) is 0 Å². The Hall–Kier alpha value is -1.59. The minimum Gasteiger partial charge on any atom is -0.339 e. The van der Waals surface area contributed by atoms with Crippen molar-refractivity contribution in [3.05, 3.63) is 11.7 Å². The number of hydrogen-bond donors (Lipinski definition) is 1. The lowest BCUT2D eigenvalue weighted by molar-refractivity contribution is 0.172. The quantitative estimate of drug-likeness (QED) is 0.786. The van der Waals surface area contributed by atoms with Crippen LogP contribution in [0.4, 0.5) is 4.79 Å². The van der Waals surface area contributed by atoms with Gasteiger partial charge in [-0.15, -0.1) is 0 Å². The third-order valence-corrected chi connectivity index (χ3v) is 4.10. The van der Waals surface area contributed by atoms with Crippen LogP contribution in [-0.2, 0) is 6.42 Å². The Labute approximate surface area is 132 Å². The second-order valence-corrected chi connectivity index (χ2v) is 6.02. The number of nitrogens with one attached hydrogen (secondary N) is 1. The van der Waals surface area contributed by atoms with Crippen molar-refractivity contribution in [2.45, 2.75) is 64.7 Å². The Morgan fingerprint density at radius 2 is 2.18 bits per heavy atom. The van der Waals surface area contributed by atoms with E-state index in [0.717, 1.165) is 63.9 Å². The first-order valence-corrected chi connectivity index (χ1v) is 8.59. The number of aryl methyl sites for hydroxylation is 1. The number of unbranched alkanes of at least 4 members (excludes halogenated alkanes) is 2. The van der Waals surface area contributed by atoms with Crippen molar-refractivity contribution >= 4 is 6.03 Å². The molecule has 1 aliphatic heterocycles. The topological polar surface area (TPSA) is 71.3 Å². The molecule has 0 spiro atoms. The molecule has 1 aromatic heterocycles. The Bertz CT molecular complexity index is 461. The molecule has 6 nitrogen and oxygen atoms in total. The molecule has 1 fully saturated rings. The second-order valence-electron chi connectivity index (χ2n) is 6.02. The fourth-order valence-corrected chi connectivity index (χ4v) is 2.72. The highest BCUT2D eigenvalue weighted by Crippen LogP contribution is 2.25. The summed E-state index contributed by atoms with van der Waals surface area (Å²) in [6, 6.07) is 0.0314. The lowest BCUT2D eigenvalue weighted by atomic mass is 9.98. The lowest BCUT2D eigenvalue weighted by Crippen LogP contribution is -2.45. The average Bonchev–Trinajstić information content (AvgIpc) is 3.02. The minimum absolute atomic E-state index is 0.0314. The molecule has 0 bridgehead atoms. The number of carbonyl (C=O) groups excluding carboxylic acids is 1. The normalized spacial score (nSPS) is 18.5. The number of amides is 2. The Morgan fingerprint density at radius 3 is 2.95 bits per heavy atom. The summed E-state index contributed by atoms with van der Waals surface area (Å²) >= 11 is 0. The van der Waals surface area contributed by atoms with E-state index in [-0.39, 0.29) is 11.9 Å². The molecule has 1 atom stereocenters. The second kappa shape index (κ2) is 8.76. The van der Waals surface area contributed by atoms with Gasteiger partial charge in [0.25, 0.3) is 0 Å². The Morgan fingerprint density at radius 1 is 1.36 bits per heavy atom. The van der Waals surface area contributed by atoms with Gasteiger partial charge in [0.1, 0.15) is 0 Å². The monoisotopic (exact) mass is 308 g/mol. The Kier molecular flexibility index (Phi) is 6.68. The van der Waals surface area contributed by atoms with Gasteiger partial charge in [-0.1, -0.05) is 31.8 Å². The number of aromatic nitrogens is 2. The maximum atomic E-state index is 12.1. The molecule has 2 rings (SSSR count). The highest BCUT2D eigenvalue weighted by atomic mass is 16.5. The first kappa shape index (κ1) is 16.8. The van der Waals surface area contributed by atoms with Crippen molar-refractivity contribution in [1.82, 2.24) is 20.4 Å². The van der Waals surface area contributed by atoms with Crippen LogP contribution in [-0.4, -0.2) is 40.7 Å². The van der Waals surface area contributed by atoms with Gasteiger partial charge < -0.3 is 14.7 Å². The number of carbonyl (C=O) groups is 1. The molecule has 1 unspecified atom stereocenters. The average molecular weight is 308 g/mol. The minimum atomic E-state index is 0.0314. The number of hydrogen-bond acceptors (Lipinski definition) is 4. The summed E-state index contributed by atoms with van der Waals surface area (Å²) in [6.07, 6.45) is 7.17. The molecule has 2 amide bonds. The van der Waals surface area contributed by atoms with E-state index in [1.54, 1.807) is 0 Å². The van der Waals surface area contributed by atoms with Gasteiger partial charge in [-0.2, -0.15) is 4.98 Å². The zero-order valence-electron chi connectivity index (χ0n) is 13.8. The summed E-state index contributed by atoms with van der Waals surface area (Å²) in [6.45, 7) is 6.50. The van der Waals surface area contributed by atoms with Gasteiger partial charge in [0, 0.05) is 26.1 Å². The van der Waals surface area contributed by atoms with Crippen LogP contribution in [0.25, 0.3) is 0 Å². The van der Waals surface area contributed by atoms with Gasteiger partial charge in [-0.3, -0.25) is 0 Å². The largest absolute Gasteiger partial charge is 0.339 e. The number of nitrogens with zero attached hydrogens (tertiary/aromatic N) is 3. The van der Waals surface area contributed by atoms with Gasteiger partial charge >= 0.3 is 6.03 Å². The van der Waals surface area contributed by atoms with Crippen molar-refractivity contribution in [3.8, 4) is 0 Å². The van der Waals surface area contributed by atoms with E-state index in [1.807, 2.05) is 4.90 Å². The van der Waals surface area contributed by atoms with Crippen LogP contribution in [0, 0.1) is 0 Å². The summed E-state index contributed by atoms with van der Waals surface area (Å²) in [5.41, 5.74) is 0. The van der Waals surface area contributed by atoms with Crippen LogP contribution in [0.2, 0.25) is 0 Å². The maximum absolute atomic E-state index is 12.1. The molecule has 124 valence electrons. The lowest BCUT2D eigenvalue weighted by Gasteiger charge is -2.31. The van der Waals surface area contributed by atoms with E-state index in [4.69, 9.17) is 4.52 Å². The predicted octanol–water partition coefficient (Wildman–Crippen LogP) is 3.10. The zero-order valence-corrected chi connectivity index (χ0v) is 13.8. The van der Waals surface area contributed by atoms with Gasteiger partial charge in [-0.25, -0.2) is 4.79 Å². The summed E-state index contributed by atoms with van der Waals surface area (Å²) < 4.78 is 5.41. The number of rotatable bonds is 7. The van der Waals surface area contributed by atoms with Crippen LogP contribution in [0.3, 0.4) is 0 Å². The van der Waals surface area contributed by atoms with Gasteiger partial charge in [0.2, 0.25) is 5.89 Å². The molecular formula is C16H28N4O2. The molecule has 1 aromatic rings. The van der Waals surface area contributed by atoms with Crippen molar-refractivity contribution in [1.29, 1.82) is 0 Å². The third-order valence-electron chi connectivity index (χ3n) is 4.10. The number of likely N-dealkylation sites (tertiary alicyclic amines) is 1. The third kappa shape index (κ3) is 4.71. The van der Waals surface area contributed by atoms with E-state index in [1.165, 1.54) is 0 Å². The highest BCUT2D eigenvalue weighted by molar-refractivity contribution is 5.74. The first-order valence-electron chi connectivity index (χ1n) is 8.59. The molecule has 0 aromatic carbocycles. The van der Waals surface area contributed by atoms with Crippen LogP contribution in [0.15, 0.2) is 4.52 Å². The van der Waals surface area contributed by atoms with E-state index >= 15 is 0 Å². The smallest absolute Gasteiger partial charge is 0.317 e. The summed E-state index contributed by atoms with van der Waals surface area (Å²) in [4.78, 5) is 18.5. The van der Waals surface area contributed by atoms with Crippen molar-refractivity contribution < 1.29 is 9.32 Å². The fourth-order valence-electron chi connectivity index (χ4n) is 2.72. The molecular weight excluding hydrogens is 280 g/mol. The maximum Gasteiger partial charge on any atom is 0.317 e. The number of urea groups is 1. The van der Waals surface area contributed by atoms with Crippen molar-refractivity contribution in [2.75, 3.05) is 19.6 Å². The van der Waals surface area contributed by atoms with Crippen molar-refractivity contribution in [2.24, 2.45) is 0 Å². The van der Waals surface area contributed by atoms with Crippen LogP contribution in [0.1, 0.15) is 70.0 Å². The SMILES string of the molecule is CCCCNC(=O)N1CCCC(c2nc(CCCC)no2)C1. The molecule has 1 aliphatic rings. The molecule has 0 saturated carbocycles. The van der Waals surface area contributed by atoms with Gasteiger partial charge in [0.15, 0.2) is 5.82 Å². The summed E-state index contributed by atoms with van der Waals surface area (Å²) in [5.74, 6) is 1.66. The van der Waals surface area contributed by atoms with Crippen LogP contribution >= 0.6 is 0 Å². The molecule has 6 heteroatoms. The zero-order chi connectivity index (χ0) is 15.8. The fraction of sp³-hybridized carbons (Fsp3) is 0.812. The Balaban J connectivity index is 1.87. The van der Waals surface area contributed by atoms with E-state index in [0.29, 0.717) is 12.4 Å². The first-order chi connectivity index (χ1) is 10.7. The van der Waals surface area contributed by atoms with E-state index < -0.39 is 0 Å². The van der Waals surface area contributed by atoms with Gasteiger partial charge in [0.05, 0.1) is 5.92 Å². The highest BCUT2D eigenvalue weighted by Gasteiger charge is 2.28. The van der Waals surface area contributed by atoms with Crippen LogP contribution < -0.4 is 5.32 Å². The molecule has 1 N–H and O–H groups in total. The predicted molar refractivity (Wildman–Crippen MR) is 84.8 cm³/mol. The van der Waals surface area contributed by atoms with E-state index in [2.05, 4.69) is 29.3 Å². The van der Waals surface area contributed by atoms with E-state index in [9.17, 15) is 4.79 Å². The van der Waals surface area contributed by atoms with Gasteiger partial charge in [-0.05, 0) is 25.7 Å². The molecule has 1 saturated heterocycles. The molecule has 2 heterocycles. The number of piperidine rings is 1. The molecule has 22 heavy (non-hydrogen) atoms. The summed E-state index contributed by atoms with van der Waals surface area (Å²) in [5, 5.41) is 7.03. The standard InChI is InChI=1S/C16H28N4O2/c1-3-5-9-14-18-15(22-19-14)13-8-7-11-20(12-13)16(21)17-10-6-4-2/h13H,3-12H2,1-2H3,(H,17,21). The summed E-state index contributed by atoms with van der Waals surface area (Å²) in [7, 11) is 0. The molecule has 0 radical (unpaired) electrons. The molecule has 0 aliphatic carbocycles.